The summed E-state index contributed by atoms with van der Waals surface area (Å²) in [5.74, 6) is 0.664. The van der Waals surface area contributed by atoms with Gasteiger partial charge in [0.1, 0.15) is 0 Å². The van der Waals surface area contributed by atoms with Crippen molar-refractivity contribution < 1.29 is 0 Å². The molecule has 0 bridgehead atoms. The molecule has 0 spiro atoms. The number of hydrogen-bond acceptors (Lipinski definition) is 1. The first kappa shape index (κ1) is 11.1. The van der Waals surface area contributed by atoms with Crippen molar-refractivity contribution in [1.29, 1.82) is 0 Å². The van der Waals surface area contributed by atoms with Gasteiger partial charge in [0, 0.05) is 12.1 Å². The minimum Gasteiger partial charge on any atom is -0.257 e. The lowest BCUT2D eigenvalue weighted by Gasteiger charge is -2.11. The highest BCUT2D eigenvalue weighted by Crippen LogP contribution is 2.26. The Morgan fingerprint density at radius 2 is 1.81 bits per heavy atom. The summed E-state index contributed by atoms with van der Waals surface area (Å²) in [4.78, 5) is 4.78. The maximum Gasteiger partial charge on any atom is 0.0665 e. The summed E-state index contributed by atoms with van der Waals surface area (Å²) in [5.41, 5.74) is 3.76. The Hall–Kier alpha value is -1.37. The fourth-order valence-electron chi connectivity index (χ4n) is 2.26. The molecule has 2 rings (SSSR count). The number of allylic oxidation sites excluding steroid dienone is 1. The van der Waals surface area contributed by atoms with Crippen LogP contribution in [0, 0.1) is 5.92 Å². The molecule has 1 aromatic rings. The summed E-state index contributed by atoms with van der Waals surface area (Å²) in [6.45, 7) is 4.49. The molecule has 1 aliphatic heterocycles. The van der Waals surface area contributed by atoms with E-state index in [4.69, 9.17) is 4.99 Å². The van der Waals surface area contributed by atoms with Gasteiger partial charge in [0.2, 0.25) is 0 Å². The maximum atomic E-state index is 4.78. The number of rotatable bonds is 4. The molecule has 1 nitrogen and oxygen atoms in total. The van der Waals surface area contributed by atoms with Gasteiger partial charge in [-0.15, -0.1) is 0 Å². The molecule has 0 atom stereocenters. The van der Waals surface area contributed by atoms with E-state index in [2.05, 4.69) is 44.2 Å². The predicted octanol–water partition coefficient (Wildman–Crippen LogP) is 4.31. The smallest absolute Gasteiger partial charge is 0.0665 e. The van der Waals surface area contributed by atoms with E-state index in [9.17, 15) is 0 Å². The highest BCUT2D eigenvalue weighted by atomic mass is 14.8. The monoisotopic (exact) mass is 213 g/mol. The third kappa shape index (κ3) is 2.24. The van der Waals surface area contributed by atoms with E-state index < -0.39 is 0 Å². The molecule has 0 unspecified atom stereocenters. The van der Waals surface area contributed by atoms with Crippen LogP contribution in [0.5, 0.6) is 0 Å². The van der Waals surface area contributed by atoms with Crippen LogP contribution in [0.3, 0.4) is 0 Å². The number of hydrogen-bond donors (Lipinski definition) is 0. The summed E-state index contributed by atoms with van der Waals surface area (Å²) in [5, 5.41) is 0. The first-order valence-corrected chi connectivity index (χ1v) is 6.18. The zero-order chi connectivity index (χ0) is 11.4. The van der Waals surface area contributed by atoms with E-state index in [0.717, 1.165) is 12.1 Å². The molecule has 0 fully saturated rings. The van der Waals surface area contributed by atoms with E-state index in [1.807, 2.05) is 6.07 Å². The zero-order valence-electron chi connectivity index (χ0n) is 10.1. The molecule has 0 saturated heterocycles. The van der Waals surface area contributed by atoms with Gasteiger partial charge in [-0.3, -0.25) is 4.99 Å². The van der Waals surface area contributed by atoms with Crippen molar-refractivity contribution >= 4 is 11.4 Å². The van der Waals surface area contributed by atoms with Crippen molar-refractivity contribution in [3.8, 4) is 0 Å². The van der Waals surface area contributed by atoms with Crippen LogP contribution in [0.1, 0.15) is 38.7 Å². The van der Waals surface area contributed by atoms with Gasteiger partial charge in [-0.25, -0.2) is 0 Å². The Morgan fingerprint density at radius 3 is 2.44 bits per heavy atom. The van der Waals surface area contributed by atoms with Gasteiger partial charge in [-0.2, -0.15) is 0 Å². The van der Waals surface area contributed by atoms with Crippen LogP contribution in [0.4, 0.5) is 0 Å². The molecule has 0 aromatic heterocycles. The van der Waals surface area contributed by atoms with Crippen molar-refractivity contribution in [1.82, 2.24) is 0 Å². The van der Waals surface area contributed by atoms with E-state index in [1.165, 1.54) is 24.1 Å². The van der Waals surface area contributed by atoms with Gasteiger partial charge in [-0.1, -0.05) is 50.3 Å². The highest BCUT2D eigenvalue weighted by molar-refractivity contribution is 5.97. The maximum absolute atomic E-state index is 4.78. The number of benzene rings is 1. The molecule has 0 radical (unpaired) electrons. The lowest BCUT2D eigenvalue weighted by atomic mass is 9.96. The minimum atomic E-state index is 0.664. The van der Waals surface area contributed by atoms with Gasteiger partial charge >= 0.3 is 0 Å². The van der Waals surface area contributed by atoms with Crippen LogP contribution in [0.2, 0.25) is 0 Å². The lowest BCUT2D eigenvalue weighted by Crippen LogP contribution is -2.09. The van der Waals surface area contributed by atoms with Crippen molar-refractivity contribution in [2.45, 2.75) is 33.1 Å². The molecule has 1 heterocycles. The van der Waals surface area contributed by atoms with E-state index in [0.29, 0.717) is 5.92 Å². The molecule has 1 heteroatoms. The van der Waals surface area contributed by atoms with Gasteiger partial charge in [0.25, 0.3) is 0 Å². The summed E-state index contributed by atoms with van der Waals surface area (Å²) >= 11 is 0. The van der Waals surface area contributed by atoms with Crippen LogP contribution >= 0.6 is 0 Å². The Kier molecular flexibility index (Phi) is 3.55. The molecule has 84 valence electrons. The van der Waals surface area contributed by atoms with E-state index in [-0.39, 0.29) is 0 Å². The van der Waals surface area contributed by atoms with E-state index >= 15 is 0 Å². The van der Waals surface area contributed by atoms with Crippen molar-refractivity contribution in [3.05, 3.63) is 42.0 Å². The average Bonchev–Trinajstić information content (AvgIpc) is 2.81. The number of nitrogens with zero attached hydrogens (tertiary/aromatic N) is 1. The Morgan fingerprint density at radius 1 is 1.12 bits per heavy atom. The Bertz CT molecular complexity index is 397. The molecular weight excluding hydrogens is 194 g/mol. The summed E-state index contributed by atoms with van der Waals surface area (Å²) in [6.07, 6.45) is 5.69. The van der Waals surface area contributed by atoms with Crippen LogP contribution in [0.25, 0.3) is 5.70 Å². The summed E-state index contributed by atoms with van der Waals surface area (Å²) in [6, 6.07) is 10.4. The third-order valence-corrected chi connectivity index (χ3v) is 3.30. The first-order valence-electron chi connectivity index (χ1n) is 6.18. The normalized spacial score (nSPS) is 15.2. The largest absolute Gasteiger partial charge is 0.257 e. The standard InChI is InChI=1S/C15H19N/c1-3-12(4-2)14-10-11-15(16-14)13-8-6-5-7-9-13/h5-9,11-12H,3-4,10H2,1-2H3. The van der Waals surface area contributed by atoms with Crippen LogP contribution < -0.4 is 0 Å². The lowest BCUT2D eigenvalue weighted by molar-refractivity contribution is 0.638. The quantitative estimate of drug-likeness (QED) is 0.706. The third-order valence-electron chi connectivity index (χ3n) is 3.30. The topological polar surface area (TPSA) is 12.4 Å². The molecule has 1 aromatic carbocycles. The van der Waals surface area contributed by atoms with Crippen LogP contribution in [-0.4, -0.2) is 5.71 Å². The Balaban J connectivity index is 2.16. The fourth-order valence-corrected chi connectivity index (χ4v) is 2.26. The second-order valence-electron chi connectivity index (χ2n) is 4.28. The van der Waals surface area contributed by atoms with Crippen LogP contribution in [0.15, 0.2) is 41.4 Å². The van der Waals surface area contributed by atoms with Crippen molar-refractivity contribution in [2.75, 3.05) is 0 Å². The van der Waals surface area contributed by atoms with Gasteiger partial charge in [0.15, 0.2) is 0 Å². The summed E-state index contributed by atoms with van der Waals surface area (Å²) < 4.78 is 0. The molecule has 1 aliphatic rings. The predicted molar refractivity (Wildman–Crippen MR) is 70.5 cm³/mol. The number of aliphatic imine (C=N–C) groups is 1. The Labute approximate surface area is 97.9 Å². The molecule has 16 heavy (non-hydrogen) atoms. The summed E-state index contributed by atoms with van der Waals surface area (Å²) in [7, 11) is 0. The first-order chi connectivity index (χ1) is 7.85. The van der Waals surface area contributed by atoms with Crippen molar-refractivity contribution in [3.63, 3.8) is 0 Å². The van der Waals surface area contributed by atoms with Gasteiger partial charge in [0.05, 0.1) is 5.70 Å². The van der Waals surface area contributed by atoms with Gasteiger partial charge < -0.3 is 0 Å². The van der Waals surface area contributed by atoms with Crippen LogP contribution in [-0.2, 0) is 0 Å². The second-order valence-corrected chi connectivity index (χ2v) is 4.28. The second kappa shape index (κ2) is 5.11. The van der Waals surface area contributed by atoms with Crippen molar-refractivity contribution in [2.24, 2.45) is 10.9 Å². The molecule has 0 N–H and O–H groups in total. The minimum absolute atomic E-state index is 0.664. The molecule has 0 aliphatic carbocycles. The van der Waals surface area contributed by atoms with Gasteiger partial charge in [-0.05, 0) is 24.3 Å². The van der Waals surface area contributed by atoms with E-state index in [1.54, 1.807) is 0 Å². The SMILES string of the molecule is CCC(CC)C1=NC(c2ccccc2)=CC1. The highest BCUT2D eigenvalue weighted by Gasteiger charge is 2.16. The molecular formula is C15H19N. The average molecular weight is 213 g/mol. The fraction of sp³-hybridized carbons (Fsp3) is 0.400. The zero-order valence-corrected chi connectivity index (χ0v) is 10.1. The molecule has 0 amide bonds. The molecule has 0 saturated carbocycles.